The molecule has 3 atom stereocenters. The molecule has 0 amide bonds. The summed E-state index contributed by atoms with van der Waals surface area (Å²) in [5, 5.41) is 27.9. The lowest BCUT2D eigenvalue weighted by Gasteiger charge is -2.43. The number of aromatic amines is 1. The first-order valence-electron chi connectivity index (χ1n) is 7.81. The SMILES string of the molecule is Cc1ccc([C@H]2c3sc(=O)[nH]c3S[C@H](C(=O)O)[C@@]2(CC(=O)O)C(=O)O)cc1. The minimum Gasteiger partial charge on any atom is -0.481 e. The maximum Gasteiger partial charge on any atom is 0.318 e. The third-order valence-electron chi connectivity index (χ3n) is 4.60. The van der Waals surface area contributed by atoms with Gasteiger partial charge in [-0.05, 0) is 12.5 Å². The molecule has 1 aromatic carbocycles. The van der Waals surface area contributed by atoms with Crippen LogP contribution in [0.2, 0.25) is 0 Å². The highest BCUT2D eigenvalue weighted by Gasteiger charge is 2.61. The van der Waals surface area contributed by atoms with Crippen LogP contribution in [-0.2, 0) is 14.4 Å². The topological polar surface area (TPSA) is 145 Å². The molecule has 4 N–H and O–H groups in total. The quantitative estimate of drug-likeness (QED) is 0.587. The Hall–Kier alpha value is -2.59. The van der Waals surface area contributed by atoms with Crippen molar-refractivity contribution in [3.05, 3.63) is 49.9 Å². The largest absolute Gasteiger partial charge is 0.481 e. The van der Waals surface area contributed by atoms with Crippen molar-refractivity contribution in [3.63, 3.8) is 0 Å². The van der Waals surface area contributed by atoms with Crippen LogP contribution in [0.4, 0.5) is 0 Å². The van der Waals surface area contributed by atoms with Crippen LogP contribution < -0.4 is 4.87 Å². The fraction of sp³-hybridized carbons (Fsp3) is 0.294. The molecule has 0 radical (unpaired) electrons. The molecule has 142 valence electrons. The fourth-order valence-electron chi connectivity index (χ4n) is 3.45. The number of hydrogen-bond acceptors (Lipinski definition) is 6. The molecule has 10 heteroatoms. The standard InChI is InChI=1S/C17H15NO7S2/c1-7-2-4-8(5-3-7)10-11-13(18-16(25)26-11)27-12(14(21)22)17(10,15(23)24)6-9(19)20/h2-5,10,12H,6H2,1H3,(H,18,25)(H,19,20)(H,21,22)(H,23,24)/t10-,12+,17-/m0/s1. The van der Waals surface area contributed by atoms with Gasteiger partial charge in [0.1, 0.15) is 10.7 Å². The molecule has 27 heavy (non-hydrogen) atoms. The highest BCUT2D eigenvalue weighted by atomic mass is 32.2. The molecule has 1 aliphatic heterocycles. The Labute approximate surface area is 160 Å². The zero-order chi connectivity index (χ0) is 19.9. The number of nitrogens with one attached hydrogen (secondary N) is 1. The van der Waals surface area contributed by atoms with Gasteiger partial charge in [-0.1, -0.05) is 52.9 Å². The monoisotopic (exact) mass is 409 g/mol. The van der Waals surface area contributed by atoms with Gasteiger partial charge in [0.2, 0.25) is 0 Å². The lowest BCUT2D eigenvalue weighted by Crippen LogP contribution is -2.52. The van der Waals surface area contributed by atoms with Crippen molar-refractivity contribution >= 4 is 41.0 Å². The van der Waals surface area contributed by atoms with Gasteiger partial charge in [-0.2, -0.15) is 0 Å². The van der Waals surface area contributed by atoms with Gasteiger partial charge in [-0.25, -0.2) is 0 Å². The molecule has 8 nitrogen and oxygen atoms in total. The Morgan fingerprint density at radius 3 is 2.30 bits per heavy atom. The van der Waals surface area contributed by atoms with Crippen molar-refractivity contribution in [1.29, 1.82) is 0 Å². The summed E-state index contributed by atoms with van der Waals surface area (Å²) in [7, 11) is 0. The first-order chi connectivity index (χ1) is 12.7. The van der Waals surface area contributed by atoms with Crippen LogP contribution in [0.1, 0.15) is 28.3 Å². The van der Waals surface area contributed by atoms with Crippen LogP contribution in [-0.4, -0.2) is 43.5 Å². The van der Waals surface area contributed by atoms with E-state index in [1.807, 2.05) is 6.92 Å². The molecule has 0 fully saturated rings. The van der Waals surface area contributed by atoms with Crippen molar-refractivity contribution in [2.75, 3.05) is 0 Å². The van der Waals surface area contributed by atoms with E-state index < -0.39 is 45.8 Å². The number of benzene rings is 1. The van der Waals surface area contributed by atoms with Crippen molar-refractivity contribution in [1.82, 2.24) is 4.98 Å². The maximum absolute atomic E-state index is 12.4. The smallest absolute Gasteiger partial charge is 0.318 e. The Morgan fingerprint density at radius 2 is 1.78 bits per heavy atom. The summed E-state index contributed by atoms with van der Waals surface area (Å²) in [5.41, 5.74) is -0.803. The van der Waals surface area contributed by atoms with Crippen LogP contribution >= 0.6 is 23.1 Å². The van der Waals surface area contributed by atoms with Crippen molar-refractivity contribution in [3.8, 4) is 0 Å². The molecule has 0 saturated carbocycles. The first kappa shape index (κ1) is 19.2. The molecule has 0 saturated heterocycles. The average molecular weight is 409 g/mol. The lowest BCUT2D eigenvalue weighted by molar-refractivity contribution is -0.161. The molecule has 0 aliphatic carbocycles. The second-order valence-corrected chi connectivity index (χ2v) is 8.43. The molecule has 0 bridgehead atoms. The van der Waals surface area contributed by atoms with E-state index >= 15 is 0 Å². The Balaban J connectivity index is 2.37. The van der Waals surface area contributed by atoms with E-state index in [2.05, 4.69) is 4.98 Å². The number of fused-ring (bicyclic) bond motifs is 1. The summed E-state index contributed by atoms with van der Waals surface area (Å²) < 4.78 is 0. The normalized spacial score (nSPS) is 24.2. The molecule has 2 heterocycles. The number of carboxylic acids is 3. The van der Waals surface area contributed by atoms with Crippen LogP contribution in [0, 0.1) is 12.3 Å². The van der Waals surface area contributed by atoms with Crippen LogP contribution in [0.25, 0.3) is 0 Å². The Kier molecular flexibility index (Phi) is 4.87. The summed E-state index contributed by atoms with van der Waals surface area (Å²) in [6.07, 6.45) is -0.892. The number of H-pyrrole nitrogens is 1. The number of aryl methyl sites for hydroxylation is 1. The third-order valence-corrected chi connectivity index (χ3v) is 7.09. The van der Waals surface area contributed by atoms with Crippen molar-refractivity contribution in [2.45, 2.75) is 29.5 Å². The van der Waals surface area contributed by atoms with Crippen LogP contribution in [0.5, 0.6) is 0 Å². The molecule has 2 aromatic rings. The van der Waals surface area contributed by atoms with E-state index in [4.69, 9.17) is 0 Å². The van der Waals surface area contributed by atoms with Crippen molar-refractivity contribution in [2.24, 2.45) is 5.41 Å². The van der Waals surface area contributed by atoms with E-state index in [1.165, 1.54) is 0 Å². The van der Waals surface area contributed by atoms with Gasteiger partial charge in [0.15, 0.2) is 0 Å². The van der Waals surface area contributed by atoms with E-state index in [9.17, 15) is 34.5 Å². The number of carboxylic acid groups (broad SMARTS) is 3. The van der Waals surface area contributed by atoms with Crippen LogP contribution in [0.3, 0.4) is 0 Å². The van der Waals surface area contributed by atoms with Crippen LogP contribution in [0.15, 0.2) is 34.1 Å². The van der Waals surface area contributed by atoms with Gasteiger partial charge in [0.05, 0.1) is 11.4 Å². The molecular formula is C17H15NO7S2. The highest BCUT2D eigenvalue weighted by molar-refractivity contribution is 8.00. The molecule has 0 spiro atoms. The zero-order valence-corrected chi connectivity index (χ0v) is 15.6. The number of aromatic nitrogens is 1. The molecular weight excluding hydrogens is 394 g/mol. The maximum atomic E-state index is 12.4. The summed E-state index contributed by atoms with van der Waals surface area (Å²) in [4.78, 5) is 50.2. The predicted molar refractivity (Wildman–Crippen MR) is 97.6 cm³/mol. The third kappa shape index (κ3) is 3.15. The number of aliphatic carboxylic acids is 3. The summed E-state index contributed by atoms with van der Waals surface area (Å²) in [6, 6.07) is 6.75. The number of carbonyl (C=O) groups is 3. The van der Waals surface area contributed by atoms with Gasteiger partial charge in [0.25, 0.3) is 0 Å². The second-order valence-electron chi connectivity index (χ2n) is 6.30. The van der Waals surface area contributed by atoms with E-state index in [-0.39, 0.29) is 5.03 Å². The number of thioether (sulfide) groups is 1. The average Bonchev–Trinajstić information content (AvgIpc) is 2.94. The van der Waals surface area contributed by atoms with E-state index in [0.29, 0.717) is 22.2 Å². The zero-order valence-electron chi connectivity index (χ0n) is 14.0. The molecule has 1 aromatic heterocycles. The number of thiazole rings is 1. The lowest BCUT2D eigenvalue weighted by atomic mass is 9.66. The summed E-state index contributed by atoms with van der Waals surface area (Å²) in [6.45, 7) is 1.84. The second kappa shape index (κ2) is 6.86. The highest BCUT2D eigenvalue weighted by Crippen LogP contribution is 2.58. The predicted octanol–water partition coefficient (Wildman–Crippen LogP) is 1.98. The Morgan fingerprint density at radius 1 is 1.15 bits per heavy atom. The summed E-state index contributed by atoms with van der Waals surface area (Å²) >= 11 is 1.45. The van der Waals surface area contributed by atoms with Gasteiger partial charge in [-0.3, -0.25) is 19.2 Å². The van der Waals surface area contributed by atoms with E-state index in [1.54, 1.807) is 24.3 Å². The summed E-state index contributed by atoms with van der Waals surface area (Å²) in [5.74, 6) is -5.49. The van der Waals surface area contributed by atoms with Gasteiger partial charge >= 0.3 is 22.8 Å². The molecule has 3 rings (SSSR count). The fourth-order valence-corrected chi connectivity index (χ4v) is 5.99. The van der Waals surface area contributed by atoms with Gasteiger partial charge in [-0.15, -0.1) is 0 Å². The Bertz CT molecular complexity index is 978. The number of rotatable bonds is 5. The molecule has 1 aliphatic rings. The van der Waals surface area contributed by atoms with Gasteiger partial charge in [0, 0.05) is 10.8 Å². The molecule has 0 unspecified atom stereocenters. The van der Waals surface area contributed by atoms with E-state index in [0.717, 1.165) is 16.9 Å². The minimum atomic E-state index is -2.16. The van der Waals surface area contributed by atoms with Crippen molar-refractivity contribution < 1.29 is 29.7 Å². The first-order valence-corrected chi connectivity index (χ1v) is 9.50. The van der Waals surface area contributed by atoms with Gasteiger partial charge < -0.3 is 20.3 Å². The minimum absolute atomic E-state index is 0.269. The number of hydrogen-bond donors (Lipinski definition) is 4.